The van der Waals surface area contributed by atoms with Gasteiger partial charge in [0.2, 0.25) is 5.91 Å². The minimum atomic E-state index is 0. The highest BCUT2D eigenvalue weighted by atomic mass is 35.5. The molecule has 1 saturated carbocycles. The third-order valence-electron chi connectivity index (χ3n) is 2.99. The molecule has 88 valence electrons. The molecule has 0 aromatic heterocycles. The lowest BCUT2D eigenvalue weighted by molar-refractivity contribution is -0.123. The van der Waals surface area contributed by atoms with Crippen LogP contribution in [0.15, 0.2) is 0 Å². The molecular weight excluding hydrogens is 212 g/mol. The van der Waals surface area contributed by atoms with Crippen LogP contribution < -0.4 is 10.6 Å². The maximum Gasteiger partial charge on any atom is 0.237 e. The maximum absolute atomic E-state index is 11.7. The van der Waals surface area contributed by atoms with Crippen LogP contribution in [-0.2, 0) is 4.79 Å². The molecule has 1 amide bonds. The molecule has 0 aromatic rings. The number of hydrogen-bond acceptors (Lipinski definition) is 2. The van der Waals surface area contributed by atoms with E-state index in [0.29, 0.717) is 6.04 Å². The van der Waals surface area contributed by atoms with Crippen molar-refractivity contribution in [2.24, 2.45) is 11.3 Å². The van der Waals surface area contributed by atoms with Gasteiger partial charge in [-0.05, 0) is 24.2 Å². The van der Waals surface area contributed by atoms with E-state index in [1.165, 1.54) is 6.42 Å². The molecule has 1 saturated heterocycles. The van der Waals surface area contributed by atoms with E-state index >= 15 is 0 Å². The van der Waals surface area contributed by atoms with Gasteiger partial charge in [0.05, 0.1) is 6.04 Å². The minimum absolute atomic E-state index is 0. The first-order valence-corrected chi connectivity index (χ1v) is 5.49. The van der Waals surface area contributed by atoms with Crippen LogP contribution in [0.2, 0.25) is 0 Å². The molecule has 2 rings (SSSR count). The second-order valence-electron chi connectivity index (χ2n) is 5.84. The predicted molar refractivity (Wildman–Crippen MR) is 63.1 cm³/mol. The standard InChI is InChI=1S/C11H20N2O.ClH/c1-11(2,3)6-12-10(14)9-5-7-4-8(7)13-9;/h7-9,13H,4-6H2,1-3H3,(H,12,14);1H/t7-,8-,9-;/m0./s1. The lowest BCUT2D eigenvalue weighted by Gasteiger charge is -2.21. The van der Waals surface area contributed by atoms with E-state index in [2.05, 4.69) is 31.4 Å². The Bertz CT molecular complexity index is 239. The highest BCUT2D eigenvalue weighted by Crippen LogP contribution is 2.40. The topological polar surface area (TPSA) is 41.1 Å². The number of fused-ring (bicyclic) bond motifs is 1. The first-order valence-electron chi connectivity index (χ1n) is 5.49. The monoisotopic (exact) mass is 232 g/mol. The van der Waals surface area contributed by atoms with Crippen LogP contribution in [-0.4, -0.2) is 24.5 Å². The normalized spacial score (nSPS) is 32.9. The van der Waals surface area contributed by atoms with Crippen molar-refractivity contribution in [3.8, 4) is 0 Å². The van der Waals surface area contributed by atoms with Gasteiger partial charge >= 0.3 is 0 Å². The van der Waals surface area contributed by atoms with Gasteiger partial charge in [-0.25, -0.2) is 0 Å². The molecule has 2 fully saturated rings. The Hall–Kier alpha value is -0.280. The summed E-state index contributed by atoms with van der Waals surface area (Å²) in [7, 11) is 0. The third-order valence-corrected chi connectivity index (χ3v) is 2.99. The predicted octanol–water partition coefficient (Wildman–Crippen LogP) is 1.32. The smallest absolute Gasteiger partial charge is 0.237 e. The van der Waals surface area contributed by atoms with Crippen molar-refractivity contribution in [1.82, 2.24) is 10.6 Å². The van der Waals surface area contributed by atoms with Gasteiger partial charge in [-0.1, -0.05) is 20.8 Å². The fraction of sp³-hybridized carbons (Fsp3) is 0.909. The molecule has 3 atom stereocenters. The Morgan fingerprint density at radius 2 is 2.07 bits per heavy atom. The van der Waals surface area contributed by atoms with Gasteiger partial charge in [0.15, 0.2) is 0 Å². The molecule has 2 aliphatic rings. The van der Waals surface area contributed by atoms with Crippen molar-refractivity contribution in [2.75, 3.05) is 6.54 Å². The fourth-order valence-corrected chi connectivity index (χ4v) is 2.00. The summed E-state index contributed by atoms with van der Waals surface area (Å²) in [5.41, 5.74) is 0.178. The van der Waals surface area contributed by atoms with E-state index in [-0.39, 0.29) is 29.8 Å². The van der Waals surface area contributed by atoms with E-state index in [1.807, 2.05) is 0 Å². The Balaban J connectivity index is 0.00000112. The molecule has 2 N–H and O–H groups in total. The van der Waals surface area contributed by atoms with E-state index in [0.717, 1.165) is 18.9 Å². The Morgan fingerprint density at radius 1 is 1.40 bits per heavy atom. The molecule has 0 unspecified atom stereocenters. The van der Waals surface area contributed by atoms with Crippen LogP contribution in [0.3, 0.4) is 0 Å². The van der Waals surface area contributed by atoms with Crippen molar-refractivity contribution in [3.63, 3.8) is 0 Å². The molecule has 1 aliphatic carbocycles. The van der Waals surface area contributed by atoms with E-state index < -0.39 is 0 Å². The quantitative estimate of drug-likeness (QED) is 0.754. The van der Waals surface area contributed by atoms with Crippen LogP contribution >= 0.6 is 12.4 Å². The number of halogens is 1. The van der Waals surface area contributed by atoms with Gasteiger partial charge in [0.25, 0.3) is 0 Å². The van der Waals surface area contributed by atoms with Crippen molar-refractivity contribution >= 4 is 18.3 Å². The van der Waals surface area contributed by atoms with Crippen molar-refractivity contribution in [1.29, 1.82) is 0 Å². The number of piperidine rings is 1. The number of carbonyl (C=O) groups is 1. The van der Waals surface area contributed by atoms with Crippen molar-refractivity contribution < 1.29 is 4.79 Å². The van der Waals surface area contributed by atoms with Crippen LogP contribution in [0.25, 0.3) is 0 Å². The molecular formula is C11H21ClN2O. The van der Waals surface area contributed by atoms with Crippen LogP contribution in [0.5, 0.6) is 0 Å². The number of hydrogen-bond donors (Lipinski definition) is 2. The summed E-state index contributed by atoms with van der Waals surface area (Å²) in [6.07, 6.45) is 2.32. The average Bonchev–Trinajstić information content (AvgIpc) is 2.68. The molecule has 0 radical (unpaired) electrons. The summed E-state index contributed by atoms with van der Waals surface area (Å²) in [6.45, 7) is 7.16. The molecule has 15 heavy (non-hydrogen) atoms. The summed E-state index contributed by atoms with van der Waals surface area (Å²) in [5.74, 6) is 0.979. The number of nitrogens with one attached hydrogen (secondary N) is 2. The highest BCUT2D eigenvalue weighted by molar-refractivity contribution is 5.85. The van der Waals surface area contributed by atoms with Crippen LogP contribution in [0, 0.1) is 11.3 Å². The third kappa shape index (κ3) is 3.35. The maximum atomic E-state index is 11.7. The molecule has 3 nitrogen and oxygen atoms in total. The summed E-state index contributed by atoms with van der Waals surface area (Å²) >= 11 is 0. The molecule has 0 aromatic carbocycles. The lowest BCUT2D eigenvalue weighted by Crippen LogP contribution is -2.44. The summed E-state index contributed by atoms with van der Waals surface area (Å²) < 4.78 is 0. The molecule has 1 aliphatic heterocycles. The zero-order chi connectivity index (χ0) is 10.3. The second-order valence-corrected chi connectivity index (χ2v) is 5.84. The van der Waals surface area contributed by atoms with E-state index in [4.69, 9.17) is 0 Å². The second kappa shape index (κ2) is 4.30. The minimum Gasteiger partial charge on any atom is -0.354 e. The SMILES string of the molecule is CC(C)(C)CNC(=O)[C@@H]1C[C@@H]2C[C@@H]2N1.Cl. The lowest BCUT2D eigenvalue weighted by atomic mass is 9.97. The number of carbonyl (C=O) groups excluding carboxylic acids is 1. The van der Waals surface area contributed by atoms with Gasteiger partial charge in [0.1, 0.15) is 0 Å². The van der Waals surface area contributed by atoms with E-state index in [9.17, 15) is 4.79 Å². The fourth-order valence-electron chi connectivity index (χ4n) is 2.00. The Labute approximate surface area is 97.8 Å². The largest absolute Gasteiger partial charge is 0.354 e. The van der Waals surface area contributed by atoms with Crippen LogP contribution in [0.1, 0.15) is 33.6 Å². The zero-order valence-electron chi connectivity index (χ0n) is 9.67. The van der Waals surface area contributed by atoms with Gasteiger partial charge in [0, 0.05) is 12.6 Å². The first-order chi connectivity index (χ1) is 6.46. The van der Waals surface area contributed by atoms with Gasteiger partial charge in [-0.2, -0.15) is 0 Å². The zero-order valence-corrected chi connectivity index (χ0v) is 10.5. The van der Waals surface area contributed by atoms with Gasteiger partial charge < -0.3 is 10.6 Å². The Kier molecular flexibility index (Phi) is 3.67. The molecule has 4 heteroatoms. The van der Waals surface area contributed by atoms with Gasteiger partial charge in [-0.3, -0.25) is 4.79 Å². The number of amides is 1. The van der Waals surface area contributed by atoms with Crippen molar-refractivity contribution in [2.45, 2.75) is 45.7 Å². The van der Waals surface area contributed by atoms with E-state index in [1.54, 1.807) is 0 Å². The number of rotatable bonds is 2. The Morgan fingerprint density at radius 3 is 2.53 bits per heavy atom. The first kappa shape index (κ1) is 12.8. The van der Waals surface area contributed by atoms with Crippen LogP contribution in [0.4, 0.5) is 0 Å². The van der Waals surface area contributed by atoms with Gasteiger partial charge in [-0.15, -0.1) is 12.4 Å². The highest BCUT2D eigenvalue weighted by Gasteiger charge is 2.47. The summed E-state index contributed by atoms with van der Waals surface area (Å²) in [6, 6.07) is 0.737. The summed E-state index contributed by atoms with van der Waals surface area (Å²) in [4.78, 5) is 11.7. The summed E-state index contributed by atoms with van der Waals surface area (Å²) in [5, 5.41) is 6.36. The molecule has 0 bridgehead atoms. The molecule has 0 spiro atoms. The average molecular weight is 233 g/mol. The van der Waals surface area contributed by atoms with Crippen molar-refractivity contribution in [3.05, 3.63) is 0 Å². The molecule has 1 heterocycles.